The summed E-state index contributed by atoms with van der Waals surface area (Å²) in [6.45, 7) is 0.669. The molecule has 0 aliphatic heterocycles. The molecule has 2 nitrogen and oxygen atoms in total. The van der Waals surface area contributed by atoms with Crippen molar-refractivity contribution in [2.75, 3.05) is 6.54 Å². The zero-order valence-electron chi connectivity index (χ0n) is 7.36. The van der Waals surface area contributed by atoms with Crippen LogP contribution in [0, 0.1) is 0 Å². The summed E-state index contributed by atoms with van der Waals surface area (Å²) in [5.41, 5.74) is 7.61. The van der Waals surface area contributed by atoms with Crippen LogP contribution in [0.3, 0.4) is 0 Å². The summed E-state index contributed by atoms with van der Waals surface area (Å²) in [5.74, 6) is 0. The molecule has 0 saturated heterocycles. The average Bonchev–Trinajstić information content (AvgIpc) is 2.18. The van der Waals surface area contributed by atoms with Crippen molar-refractivity contribution < 1.29 is 5.11 Å². The molecule has 0 radical (unpaired) electrons. The summed E-state index contributed by atoms with van der Waals surface area (Å²) in [5, 5.41) is 8.91. The Kier molecular flexibility index (Phi) is 4.33. The zero-order valence-corrected chi connectivity index (χ0v) is 9.08. The summed E-state index contributed by atoms with van der Waals surface area (Å²) < 4.78 is 1.13. The van der Waals surface area contributed by atoms with Gasteiger partial charge in [-0.1, -0.05) is 0 Å². The van der Waals surface area contributed by atoms with Gasteiger partial charge in [0.2, 0.25) is 0 Å². The third-order valence-electron chi connectivity index (χ3n) is 1.80. The van der Waals surface area contributed by atoms with Crippen LogP contribution < -0.4 is 5.73 Å². The van der Waals surface area contributed by atoms with E-state index in [9.17, 15) is 0 Å². The van der Waals surface area contributed by atoms with Gasteiger partial charge in [-0.05, 0) is 0 Å². The van der Waals surface area contributed by atoms with Crippen molar-refractivity contribution in [2.24, 2.45) is 5.73 Å². The van der Waals surface area contributed by atoms with Crippen molar-refractivity contribution >= 4 is 20.0 Å². The Morgan fingerprint density at radius 1 is 1.38 bits per heavy atom. The number of aliphatic hydroxyl groups is 1. The van der Waals surface area contributed by atoms with E-state index in [0.29, 0.717) is 6.54 Å². The van der Waals surface area contributed by atoms with E-state index in [0.717, 1.165) is 16.4 Å². The predicted molar refractivity (Wildman–Crippen MR) is 55.9 cm³/mol. The zero-order chi connectivity index (χ0) is 9.68. The molecule has 1 aromatic carbocycles. The quantitative estimate of drug-likeness (QED) is 0.731. The molecule has 0 aliphatic carbocycles. The normalized spacial score (nSPS) is 10.0. The van der Waals surface area contributed by atoms with Gasteiger partial charge in [0.05, 0.1) is 0 Å². The van der Waals surface area contributed by atoms with Crippen molar-refractivity contribution in [2.45, 2.75) is 13.0 Å². The Balaban J connectivity index is 2.71. The molecule has 0 aromatic heterocycles. The number of aliphatic hydroxyl groups excluding tert-OH is 1. The number of benzene rings is 1. The molecule has 0 heterocycles. The fourth-order valence-electron chi connectivity index (χ4n) is 1.14. The molecule has 0 unspecified atom stereocenters. The Morgan fingerprint density at radius 2 is 2.08 bits per heavy atom. The molecule has 0 amide bonds. The van der Waals surface area contributed by atoms with Crippen LogP contribution >= 0.6 is 0 Å². The molecule has 0 fully saturated rings. The summed E-state index contributed by atoms with van der Waals surface area (Å²) in [4.78, 5) is 0. The second-order valence-electron chi connectivity index (χ2n) is 2.90. The second-order valence-corrected chi connectivity index (χ2v) is 4.11. The fourth-order valence-corrected chi connectivity index (χ4v) is 1.49. The van der Waals surface area contributed by atoms with Gasteiger partial charge in [-0.15, -0.1) is 0 Å². The second kappa shape index (κ2) is 5.30. The molecule has 0 spiro atoms. The maximum atomic E-state index is 8.91. The van der Waals surface area contributed by atoms with Crippen LogP contribution in [-0.2, 0) is 13.0 Å². The first-order valence-corrected chi connectivity index (χ1v) is 5.02. The predicted octanol–water partition coefficient (Wildman–Crippen LogP) is 0.0210. The van der Waals surface area contributed by atoms with Crippen molar-refractivity contribution in [1.82, 2.24) is 0 Å². The molecule has 0 atom stereocenters. The minimum atomic E-state index is 0.0965. The Hall–Kier alpha value is -0.471. The van der Waals surface area contributed by atoms with Gasteiger partial charge in [-0.3, -0.25) is 0 Å². The van der Waals surface area contributed by atoms with E-state index in [1.165, 1.54) is 5.56 Å². The van der Waals surface area contributed by atoms with Gasteiger partial charge in [0, 0.05) is 0 Å². The van der Waals surface area contributed by atoms with E-state index < -0.39 is 0 Å². The van der Waals surface area contributed by atoms with Crippen LogP contribution in [0.15, 0.2) is 24.3 Å². The van der Waals surface area contributed by atoms with Crippen molar-refractivity contribution in [3.8, 4) is 0 Å². The molecule has 0 saturated carbocycles. The molecular weight excluding hydrogens is 229 g/mol. The number of hydrogen-bond acceptors (Lipinski definition) is 2. The van der Waals surface area contributed by atoms with Crippen LogP contribution in [0.5, 0.6) is 0 Å². The summed E-state index contributed by atoms with van der Waals surface area (Å²) in [6.07, 6.45) is 0.852. The molecule has 70 valence electrons. The van der Waals surface area contributed by atoms with Crippen LogP contribution in [0.4, 0.5) is 0 Å². The van der Waals surface area contributed by atoms with E-state index in [1.54, 1.807) is 0 Å². The standard InChI is InChI=1S/C10H13NOSe/c11-6-10(13)5-8-2-1-3-9(4-8)7-12/h1-4,12H,5-7,11H2. The number of rotatable bonds is 4. The molecule has 13 heavy (non-hydrogen) atoms. The first-order chi connectivity index (χ1) is 6.26. The van der Waals surface area contributed by atoms with Crippen LogP contribution in [0.2, 0.25) is 0 Å². The topological polar surface area (TPSA) is 46.2 Å². The fraction of sp³-hybridized carbons (Fsp3) is 0.300. The Labute approximate surface area is 86.1 Å². The van der Waals surface area contributed by atoms with Crippen LogP contribution in [-0.4, -0.2) is 31.6 Å². The molecule has 0 aliphatic rings. The molecule has 1 rings (SSSR count). The molecule has 3 N–H and O–H groups in total. The van der Waals surface area contributed by atoms with E-state index in [4.69, 9.17) is 10.8 Å². The molecule has 1 aromatic rings. The summed E-state index contributed by atoms with van der Waals surface area (Å²) >= 11 is 2.94. The van der Waals surface area contributed by atoms with E-state index >= 15 is 0 Å². The first-order valence-electron chi connectivity index (χ1n) is 4.16. The van der Waals surface area contributed by atoms with E-state index in [-0.39, 0.29) is 6.61 Å². The average molecular weight is 242 g/mol. The molecule has 0 bridgehead atoms. The summed E-state index contributed by atoms with van der Waals surface area (Å²) in [7, 11) is 0. The number of hydrogen-bond donors (Lipinski definition) is 2. The van der Waals surface area contributed by atoms with Gasteiger partial charge < -0.3 is 0 Å². The summed E-state index contributed by atoms with van der Waals surface area (Å²) in [6, 6.07) is 7.88. The monoisotopic (exact) mass is 243 g/mol. The van der Waals surface area contributed by atoms with Crippen LogP contribution in [0.1, 0.15) is 11.1 Å². The Bertz CT molecular complexity index is 299. The van der Waals surface area contributed by atoms with Crippen molar-refractivity contribution in [3.05, 3.63) is 35.4 Å². The third kappa shape index (κ3) is 3.41. The number of nitrogens with two attached hydrogens (primary N) is 1. The molecule has 3 heteroatoms. The first kappa shape index (κ1) is 10.6. The minimum absolute atomic E-state index is 0.0965. The SMILES string of the molecule is NCC(=[Se])Cc1cccc(CO)c1. The van der Waals surface area contributed by atoms with Gasteiger partial charge in [0.1, 0.15) is 0 Å². The van der Waals surface area contributed by atoms with Gasteiger partial charge in [0.15, 0.2) is 0 Å². The van der Waals surface area contributed by atoms with E-state index in [2.05, 4.69) is 15.6 Å². The van der Waals surface area contributed by atoms with Gasteiger partial charge in [0.25, 0.3) is 0 Å². The van der Waals surface area contributed by atoms with Gasteiger partial charge in [-0.25, -0.2) is 0 Å². The maximum absolute atomic E-state index is 8.91. The Morgan fingerprint density at radius 3 is 2.69 bits per heavy atom. The van der Waals surface area contributed by atoms with Crippen molar-refractivity contribution in [1.29, 1.82) is 0 Å². The van der Waals surface area contributed by atoms with Crippen molar-refractivity contribution in [3.63, 3.8) is 0 Å². The molecular formula is C10H13NOSe. The third-order valence-corrected chi connectivity index (χ3v) is 2.46. The van der Waals surface area contributed by atoms with E-state index in [1.807, 2.05) is 24.3 Å². The van der Waals surface area contributed by atoms with Gasteiger partial charge >= 0.3 is 85.8 Å². The van der Waals surface area contributed by atoms with Gasteiger partial charge in [-0.2, -0.15) is 0 Å². The van der Waals surface area contributed by atoms with Crippen LogP contribution in [0.25, 0.3) is 0 Å².